The lowest BCUT2D eigenvalue weighted by molar-refractivity contribution is -0.121. The first kappa shape index (κ1) is 24.2. The van der Waals surface area contributed by atoms with Gasteiger partial charge in [0, 0.05) is 6.54 Å². The molecule has 0 aliphatic carbocycles. The van der Waals surface area contributed by atoms with Crippen LogP contribution in [0.5, 0.6) is 11.5 Å². The minimum Gasteiger partial charge on any atom is -0.493 e. The van der Waals surface area contributed by atoms with E-state index in [0.29, 0.717) is 40.2 Å². The Bertz CT molecular complexity index is 1520. The van der Waals surface area contributed by atoms with Gasteiger partial charge in [0.05, 0.1) is 25.4 Å². The predicted octanol–water partition coefficient (Wildman–Crippen LogP) is 3.04. The zero-order valence-corrected chi connectivity index (χ0v) is 20.3. The van der Waals surface area contributed by atoms with Crippen LogP contribution in [0.3, 0.4) is 0 Å². The van der Waals surface area contributed by atoms with Crippen molar-refractivity contribution in [1.29, 1.82) is 0 Å². The van der Waals surface area contributed by atoms with E-state index in [1.54, 1.807) is 38.7 Å². The molecule has 8 nitrogen and oxygen atoms in total. The molecule has 0 atom stereocenters. The lowest BCUT2D eigenvalue weighted by Crippen LogP contribution is -2.41. The second-order valence-corrected chi connectivity index (χ2v) is 8.78. The molecule has 0 saturated carbocycles. The molecule has 35 heavy (non-hydrogen) atoms. The van der Waals surface area contributed by atoms with E-state index >= 15 is 0 Å². The van der Waals surface area contributed by atoms with Crippen LogP contribution in [0.4, 0.5) is 4.39 Å². The molecular formula is C25H24FN3O5S. The van der Waals surface area contributed by atoms with Crippen LogP contribution in [-0.2, 0) is 17.8 Å². The molecule has 0 unspecified atom stereocenters. The van der Waals surface area contributed by atoms with Crippen molar-refractivity contribution in [2.24, 2.45) is 0 Å². The molecule has 1 N–H and O–H groups in total. The molecule has 0 saturated heterocycles. The summed E-state index contributed by atoms with van der Waals surface area (Å²) >= 11 is 1.18. The standard InChI is InChI=1S/C25H24FN3O5S/c1-15-12-17(26)5-6-18(15)29-24(31)23-19(9-11-35-23)28(25(29)32)14-22(30)27-10-8-16-4-7-20(33-2)21(13-16)34-3/h4-7,9,11-13H,8,10,14H2,1-3H3,(H,27,30). The summed E-state index contributed by atoms with van der Waals surface area (Å²) in [4.78, 5) is 39.1. The highest BCUT2D eigenvalue weighted by atomic mass is 32.1. The van der Waals surface area contributed by atoms with Gasteiger partial charge >= 0.3 is 5.69 Å². The normalized spacial score (nSPS) is 11.0. The molecule has 10 heteroatoms. The SMILES string of the molecule is COc1ccc(CCNC(=O)Cn2c(=O)n(-c3ccc(F)cc3C)c(=O)c3sccc32)cc1OC. The third-order valence-electron chi connectivity index (χ3n) is 5.64. The summed E-state index contributed by atoms with van der Waals surface area (Å²) in [6.07, 6.45) is 0.545. The highest BCUT2D eigenvalue weighted by molar-refractivity contribution is 7.17. The number of benzene rings is 2. The molecule has 0 bridgehead atoms. The number of rotatable bonds is 8. The molecule has 182 valence electrons. The molecule has 1 amide bonds. The Morgan fingerprint density at radius 2 is 1.83 bits per heavy atom. The minimum atomic E-state index is -0.661. The molecule has 4 aromatic rings. The number of halogens is 1. The number of hydrogen-bond donors (Lipinski definition) is 1. The molecule has 0 radical (unpaired) electrons. The van der Waals surface area contributed by atoms with Crippen molar-refractivity contribution < 1.29 is 18.7 Å². The van der Waals surface area contributed by atoms with Gasteiger partial charge in [-0.1, -0.05) is 6.07 Å². The number of aromatic nitrogens is 2. The van der Waals surface area contributed by atoms with Gasteiger partial charge in [-0.05, 0) is 66.2 Å². The molecule has 2 heterocycles. The van der Waals surface area contributed by atoms with Crippen LogP contribution in [-0.4, -0.2) is 35.8 Å². The Morgan fingerprint density at radius 1 is 1.06 bits per heavy atom. The van der Waals surface area contributed by atoms with Crippen molar-refractivity contribution in [3.05, 3.63) is 85.6 Å². The Morgan fingerprint density at radius 3 is 2.54 bits per heavy atom. The lowest BCUT2D eigenvalue weighted by atomic mass is 10.1. The fourth-order valence-electron chi connectivity index (χ4n) is 3.90. The van der Waals surface area contributed by atoms with Gasteiger partial charge in [0.15, 0.2) is 11.5 Å². The van der Waals surface area contributed by atoms with E-state index in [2.05, 4.69) is 5.32 Å². The Labute approximate surface area is 204 Å². The molecule has 0 fully saturated rings. The van der Waals surface area contributed by atoms with Gasteiger partial charge in [-0.15, -0.1) is 11.3 Å². The number of amides is 1. The van der Waals surface area contributed by atoms with E-state index < -0.39 is 17.1 Å². The zero-order chi connectivity index (χ0) is 25.1. The maximum absolute atomic E-state index is 13.6. The van der Waals surface area contributed by atoms with E-state index in [1.807, 2.05) is 12.1 Å². The van der Waals surface area contributed by atoms with Gasteiger partial charge in [-0.2, -0.15) is 0 Å². The van der Waals surface area contributed by atoms with Gasteiger partial charge < -0.3 is 14.8 Å². The van der Waals surface area contributed by atoms with Crippen LogP contribution in [0, 0.1) is 12.7 Å². The molecular weight excluding hydrogens is 473 g/mol. The number of methoxy groups -OCH3 is 2. The van der Waals surface area contributed by atoms with Crippen molar-refractivity contribution in [3.8, 4) is 17.2 Å². The Hall–Kier alpha value is -3.92. The number of nitrogens with one attached hydrogen (secondary N) is 1. The van der Waals surface area contributed by atoms with Crippen LogP contribution in [0.1, 0.15) is 11.1 Å². The van der Waals surface area contributed by atoms with E-state index in [-0.39, 0.29) is 18.1 Å². The van der Waals surface area contributed by atoms with Gasteiger partial charge in [0.1, 0.15) is 17.1 Å². The monoisotopic (exact) mass is 497 g/mol. The van der Waals surface area contributed by atoms with Crippen molar-refractivity contribution in [1.82, 2.24) is 14.5 Å². The Kier molecular flexibility index (Phi) is 7.02. The minimum absolute atomic E-state index is 0.265. The number of aryl methyl sites for hydroxylation is 1. The van der Waals surface area contributed by atoms with Gasteiger partial charge in [-0.3, -0.25) is 14.2 Å². The fraction of sp³-hybridized carbons (Fsp3) is 0.240. The van der Waals surface area contributed by atoms with Gasteiger partial charge in [0.25, 0.3) is 5.56 Å². The third-order valence-corrected chi connectivity index (χ3v) is 6.53. The number of fused-ring (bicyclic) bond motifs is 1. The quantitative estimate of drug-likeness (QED) is 0.404. The van der Waals surface area contributed by atoms with Crippen molar-refractivity contribution in [3.63, 3.8) is 0 Å². The molecule has 2 aromatic heterocycles. The van der Waals surface area contributed by atoms with Crippen LogP contribution in [0.25, 0.3) is 15.9 Å². The number of carbonyl (C=O) groups is 1. The summed E-state index contributed by atoms with van der Waals surface area (Å²) in [6.45, 7) is 1.69. The summed E-state index contributed by atoms with van der Waals surface area (Å²) in [5.74, 6) is 0.374. The topological polar surface area (TPSA) is 91.6 Å². The smallest absolute Gasteiger partial charge is 0.336 e. The lowest BCUT2D eigenvalue weighted by Gasteiger charge is -2.14. The largest absolute Gasteiger partial charge is 0.493 e. The van der Waals surface area contributed by atoms with E-state index in [0.717, 1.165) is 10.1 Å². The summed E-state index contributed by atoms with van der Waals surface area (Å²) < 4.78 is 26.7. The number of hydrogen-bond acceptors (Lipinski definition) is 6. The summed E-state index contributed by atoms with van der Waals surface area (Å²) in [5.41, 5.74) is 0.882. The van der Waals surface area contributed by atoms with Gasteiger partial charge in [-0.25, -0.2) is 13.8 Å². The average molecular weight is 498 g/mol. The first-order valence-corrected chi connectivity index (χ1v) is 11.7. The first-order valence-electron chi connectivity index (χ1n) is 10.8. The average Bonchev–Trinajstić information content (AvgIpc) is 3.33. The maximum Gasteiger partial charge on any atom is 0.336 e. The predicted molar refractivity (Wildman–Crippen MR) is 133 cm³/mol. The summed E-state index contributed by atoms with van der Waals surface area (Å²) in [5, 5.41) is 4.51. The molecule has 4 rings (SSSR count). The van der Waals surface area contributed by atoms with E-state index in [9.17, 15) is 18.8 Å². The number of nitrogens with zero attached hydrogens (tertiary/aromatic N) is 2. The second kappa shape index (κ2) is 10.1. The molecule has 2 aromatic carbocycles. The van der Waals surface area contributed by atoms with E-state index in [1.165, 1.54) is 34.1 Å². The van der Waals surface area contributed by atoms with Crippen LogP contribution >= 0.6 is 11.3 Å². The molecule has 0 spiro atoms. The Balaban J connectivity index is 1.57. The van der Waals surface area contributed by atoms with Crippen LogP contribution in [0.2, 0.25) is 0 Å². The molecule has 0 aliphatic rings. The van der Waals surface area contributed by atoms with E-state index in [4.69, 9.17) is 9.47 Å². The second-order valence-electron chi connectivity index (χ2n) is 7.86. The maximum atomic E-state index is 13.6. The highest BCUT2D eigenvalue weighted by Gasteiger charge is 2.18. The summed E-state index contributed by atoms with van der Waals surface area (Å²) in [6, 6.07) is 11.0. The zero-order valence-electron chi connectivity index (χ0n) is 19.5. The third kappa shape index (κ3) is 4.83. The van der Waals surface area contributed by atoms with Crippen LogP contribution in [0.15, 0.2) is 57.4 Å². The highest BCUT2D eigenvalue weighted by Crippen LogP contribution is 2.27. The fourth-order valence-corrected chi connectivity index (χ4v) is 4.73. The number of thiophene rings is 1. The van der Waals surface area contributed by atoms with Gasteiger partial charge in [0.2, 0.25) is 5.91 Å². The number of carbonyl (C=O) groups excluding carboxylic acids is 1. The van der Waals surface area contributed by atoms with Crippen LogP contribution < -0.4 is 26.0 Å². The molecule has 0 aliphatic heterocycles. The van der Waals surface area contributed by atoms with Crippen molar-refractivity contribution >= 4 is 27.5 Å². The van der Waals surface area contributed by atoms with Crippen molar-refractivity contribution in [2.45, 2.75) is 19.9 Å². The number of ether oxygens (including phenoxy) is 2. The van der Waals surface area contributed by atoms with Crippen molar-refractivity contribution in [2.75, 3.05) is 20.8 Å². The first-order chi connectivity index (χ1) is 16.8. The summed E-state index contributed by atoms with van der Waals surface area (Å²) in [7, 11) is 3.11.